The Morgan fingerprint density at radius 3 is 2.70 bits per heavy atom. The SMILES string of the molecule is CS(=O)(=O)C1CCCC1Nc1cc([N+](=O)[O-])ccc1Cl. The Balaban J connectivity index is 2.25. The molecule has 110 valence electrons. The first-order valence-electron chi connectivity index (χ1n) is 6.18. The first-order valence-corrected chi connectivity index (χ1v) is 8.51. The molecule has 0 bridgehead atoms. The number of nitro benzene ring substituents is 1. The summed E-state index contributed by atoms with van der Waals surface area (Å²) in [5.41, 5.74) is 0.326. The van der Waals surface area contributed by atoms with Gasteiger partial charge in [0.2, 0.25) is 0 Å². The van der Waals surface area contributed by atoms with Crippen LogP contribution in [0.2, 0.25) is 5.02 Å². The van der Waals surface area contributed by atoms with Crippen LogP contribution in [0, 0.1) is 10.1 Å². The van der Waals surface area contributed by atoms with Gasteiger partial charge in [0.25, 0.3) is 5.69 Å². The van der Waals surface area contributed by atoms with E-state index in [0.717, 1.165) is 6.42 Å². The second-order valence-corrected chi connectivity index (χ2v) is 7.64. The summed E-state index contributed by atoms with van der Waals surface area (Å²) in [5.74, 6) is 0. The molecule has 1 aromatic carbocycles. The van der Waals surface area contributed by atoms with Gasteiger partial charge in [-0.25, -0.2) is 8.42 Å². The lowest BCUT2D eigenvalue weighted by Crippen LogP contribution is -2.34. The number of nitrogens with zero attached hydrogens (tertiary/aromatic N) is 1. The summed E-state index contributed by atoms with van der Waals surface area (Å²) in [7, 11) is -3.15. The highest BCUT2D eigenvalue weighted by atomic mass is 35.5. The van der Waals surface area contributed by atoms with Gasteiger partial charge in [-0.15, -0.1) is 0 Å². The number of benzene rings is 1. The number of nitrogens with one attached hydrogen (secondary N) is 1. The standard InChI is InChI=1S/C12H15ClN2O4S/c1-20(18,19)12-4-2-3-10(12)14-11-7-8(15(16)17)5-6-9(11)13/h5-7,10,12,14H,2-4H2,1H3. The van der Waals surface area contributed by atoms with Crippen LogP contribution in [-0.2, 0) is 9.84 Å². The van der Waals surface area contributed by atoms with Crippen LogP contribution in [0.1, 0.15) is 19.3 Å². The molecule has 8 heteroatoms. The van der Waals surface area contributed by atoms with Crippen LogP contribution in [0.3, 0.4) is 0 Å². The van der Waals surface area contributed by atoms with Gasteiger partial charge in [-0.2, -0.15) is 0 Å². The van der Waals surface area contributed by atoms with Gasteiger partial charge in [0.15, 0.2) is 9.84 Å². The highest BCUT2D eigenvalue weighted by Crippen LogP contribution is 2.32. The Morgan fingerprint density at radius 2 is 2.10 bits per heavy atom. The fraction of sp³-hybridized carbons (Fsp3) is 0.500. The molecular formula is C12H15ClN2O4S. The summed E-state index contributed by atoms with van der Waals surface area (Å²) in [6.07, 6.45) is 3.33. The fourth-order valence-electron chi connectivity index (χ4n) is 2.54. The molecule has 0 saturated heterocycles. The van der Waals surface area contributed by atoms with E-state index in [4.69, 9.17) is 11.6 Å². The molecule has 0 heterocycles. The number of anilines is 1. The average Bonchev–Trinajstić information content (AvgIpc) is 2.79. The Morgan fingerprint density at radius 1 is 1.40 bits per heavy atom. The van der Waals surface area contributed by atoms with Crippen LogP contribution in [0.25, 0.3) is 0 Å². The predicted molar refractivity (Wildman–Crippen MR) is 78.0 cm³/mol. The lowest BCUT2D eigenvalue weighted by Gasteiger charge is -2.21. The zero-order valence-corrected chi connectivity index (χ0v) is 12.4. The van der Waals surface area contributed by atoms with Crippen molar-refractivity contribution in [3.8, 4) is 0 Å². The number of halogens is 1. The second kappa shape index (κ2) is 5.57. The number of nitro groups is 1. The number of non-ortho nitro benzene ring substituents is 1. The maximum absolute atomic E-state index is 11.7. The van der Waals surface area contributed by atoms with Crippen LogP contribution >= 0.6 is 11.6 Å². The molecule has 0 aliphatic heterocycles. The van der Waals surface area contributed by atoms with Gasteiger partial charge in [0.1, 0.15) is 0 Å². The van der Waals surface area contributed by atoms with Crippen molar-refractivity contribution in [2.24, 2.45) is 0 Å². The minimum absolute atomic E-state index is 0.0780. The van der Waals surface area contributed by atoms with Crippen LogP contribution in [0.5, 0.6) is 0 Å². The Labute approximate surface area is 122 Å². The van der Waals surface area contributed by atoms with E-state index in [2.05, 4.69) is 5.32 Å². The largest absolute Gasteiger partial charge is 0.380 e. The van der Waals surface area contributed by atoms with Crippen LogP contribution < -0.4 is 5.32 Å². The van der Waals surface area contributed by atoms with Gasteiger partial charge in [0, 0.05) is 24.4 Å². The van der Waals surface area contributed by atoms with Crippen LogP contribution in [-0.4, -0.2) is 30.9 Å². The van der Waals surface area contributed by atoms with Crippen molar-refractivity contribution in [3.05, 3.63) is 33.3 Å². The molecule has 1 N–H and O–H groups in total. The van der Waals surface area contributed by atoms with Crippen molar-refractivity contribution < 1.29 is 13.3 Å². The minimum atomic E-state index is -3.15. The number of sulfone groups is 1. The molecule has 1 aromatic rings. The number of hydrogen-bond donors (Lipinski definition) is 1. The highest BCUT2D eigenvalue weighted by Gasteiger charge is 2.35. The molecular weight excluding hydrogens is 304 g/mol. The average molecular weight is 319 g/mol. The van der Waals surface area contributed by atoms with Crippen molar-refractivity contribution in [2.45, 2.75) is 30.6 Å². The molecule has 0 radical (unpaired) electrons. The maximum Gasteiger partial charge on any atom is 0.271 e. The monoisotopic (exact) mass is 318 g/mol. The maximum atomic E-state index is 11.7. The van der Waals surface area contributed by atoms with E-state index in [0.29, 0.717) is 23.6 Å². The quantitative estimate of drug-likeness (QED) is 0.681. The van der Waals surface area contributed by atoms with Crippen LogP contribution in [0.15, 0.2) is 18.2 Å². The summed E-state index contributed by atoms with van der Waals surface area (Å²) in [6.45, 7) is 0. The normalized spacial score (nSPS) is 22.7. The van der Waals surface area contributed by atoms with Gasteiger partial charge in [0.05, 0.1) is 20.9 Å². The van der Waals surface area contributed by atoms with E-state index in [1.807, 2.05) is 0 Å². The molecule has 1 aliphatic carbocycles. The smallest absolute Gasteiger partial charge is 0.271 e. The van der Waals surface area contributed by atoms with Crippen molar-refractivity contribution in [1.82, 2.24) is 0 Å². The highest BCUT2D eigenvalue weighted by molar-refractivity contribution is 7.91. The molecule has 20 heavy (non-hydrogen) atoms. The van der Waals surface area contributed by atoms with Crippen LogP contribution in [0.4, 0.5) is 11.4 Å². The molecule has 0 amide bonds. The molecule has 2 rings (SSSR count). The minimum Gasteiger partial charge on any atom is -0.380 e. The molecule has 1 fully saturated rings. The first-order chi connectivity index (χ1) is 9.29. The predicted octanol–water partition coefficient (Wildman–Crippen LogP) is 2.63. The topological polar surface area (TPSA) is 89.3 Å². The first kappa shape index (κ1) is 15.1. The van der Waals surface area contributed by atoms with Gasteiger partial charge in [-0.05, 0) is 25.3 Å². The molecule has 0 aromatic heterocycles. The van der Waals surface area contributed by atoms with Gasteiger partial charge in [-0.1, -0.05) is 11.6 Å². The van der Waals surface area contributed by atoms with E-state index in [1.165, 1.54) is 24.5 Å². The third-order valence-corrected chi connectivity index (χ3v) is 5.50. The molecule has 6 nitrogen and oxygen atoms in total. The number of hydrogen-bond acceptors (Lipinski definition) is 5. The lowest BCUT2D eigenvalue weighted by molar-refractivity contribution is -0.384. The summed E-state index contributed by atoms with van der Waals surface area (Å²) >= 11 is 6.01. The van der Waals surface area contributed by atoms with Gasteiger partial charge >= 0.3 is 0 Å². The van der Waals surface area contributed by atoms with Crippen molar-refractivity contribution in [3.63, 3.8) is 0 Å². The third kappa shape index (κ3) is 3.21. The zero-order chi connectivity index (χ0) is 14.9. The molecule has 0 spiro atoms. The number of rotatable bonds is 4. The Hall–Kier alpha value is -1.34. The second-order valence-electron chi connectivity index (χ2n) is 4.97. The Kier molecular flexibility index (Phi) is 4.19. The van der Waals surface area contributed by atoms with Crippen molar-refractivity contribution in [2.75, 3.05) is 11.6 Å². The van der Waals surface area contributed by atoms with Gasteiger partial charge < -0.3 is 5.32 Å². The molecule has 2 atom stereocenters. The third-order valence-electron chi connectivity index (χ3n) is 3.50. The molecule has 1 aliphatic rings. The van der Waals surface area contributed by atoms with Crippen molar-refractivity contribution in [1.29, 1.82) is 0 Å². The Bertz CT molecular complexity index is 632. The van der Waals surface area contributed by atoms with Gasteiger partial charge in [-0.3, -0.25) is 10.1 Å². The van der Waals surface area contributed by atoms with E-state index in [-0.39, 0.29) is 11.7 Å². The summed E-state index contributed by atoms with van der Waals surface area (Å²) in [6, 6.07) is 3.83. The summed E-state index contributed by atoms with van der Waals surface area (Å²) < 4.78 is 23.4. The molecule has 2 unspecified atom stereocenters. The fourth-order valence-corrected chi connectivity index (χ4v) is 4.11. The zero-order valence-electron chi connectivity index (χ0n) is 10.9. The van der Waals surface area contributed by atoms with E-state index >= 15 is 0 Å². The van der Waals surface area contributed by atoms with E-state index in [1.54, 1.807) is 0 Å². The van der Waals surface area contributed by atoms with E-state index in [9.17, 15) is 18.5 Å². The lowest BCUT2D eigenvalue weighted by atomic mass is 10.2. The van der Waals surface area contributed by atoms with Crippen molar-refractivity contribution >= 4 is 32.8 Å². The molecule has 1 saturated carbocycles. The summed E-state index contributed by atoms with van der Waals surface area (Å²) in [5, 5.41) is 13.7. The summed E-state index contributed by atoms with van der Waals surface area (Å²) in [4.78, 5) is 10.3. The van der Waals surface area contributed by atoms with E-state index < -0.39 is 20.0 Å².